The van der Waals surface area contributed by atoms with Crippen LogP contribution in [0.4, 0.5) is 0 Å². The van der Waals surface area contributed by atoms with Crippen LogP contribution in [0.25, 0.3) is 0 Å². The van der Waals surface area contributed by atoms with E-state index >= 15 is 0 Å². The highest BCUT2D eigenvalue weighted by Gasteiger charge is 1.98. The molecule has 0 atom stereocenters. The van der Waals surface area contributed by atoms with Gasteiger partial charge in [0.15, 0.2) is 0 Å². The van der Waals surface area contributed by atoms with Crippen molar-refractivity contribution in [3.05, 3.63) is 39.1 Å². The highest BCUT2D eigenvalue weighted by atomic mass is 79.9. The van der Waals surface area contributed by atoms with Gasteiger partial charge in [0.1, 0.15) is 0 Å². The molecule has 2 heteroatoms. The van der Waals surface area contributed by atoms with Crippen LogP contribution in [0, 0.1) is 12.3 Å². The molecule has 0 saturated heterocycles. The van der Waals surface area contributed by atoms with Crippen molar-refractivity contribution in [2.75, 3.05) is 0 Å². The summed E-state index contributed by atoms with van der Waals surface area (Å²) in [5.74, 6) is 2.31. The molecule has 0 fully saturated rings. The summed E-state index contributed by atoms with van der Waals surface area (Å²) in [6, 6.07) is 5.60. The lowest BCUT2D eigenvalue weighted by Crippen LogP contribution is -1.76. The fourth-order valence-corrected chi connectivity index (χ4v) is 1.33. The van der Waals surface area contributed by atoms with Crippen molar-refractivity contribution in [2.45, 2.75) is 0 Å². The Morgan fingerprint density at radius 2 is 2.00 bits per heavy atom. The third-order valence-electron chi connectivity index (χ3n) is 1.09. The van der Waals surface area contributed by atoms with E-state index in [9.17, 15) is 0 Å². The molecule has 0 aliphatic heterocycles. The second-order valence-corrected chi connectivity index (χ2v) is 3.37. The van der Waals surface area contributed by atoms with Crippen LogP contribution in [0.15, 0.2) is 27.1 Å². The first-order chi connectivity index (χ1) is 4.75. The minimum Gasteiger partial charge on any atom is -0.0598 e. The van der Waals surface area contributed by atoms with Gasteiger partial charge in [0.25, 0.3) is 0 Å². The van der Waals surface area contributed by atoms with E-state index < -0.39 is 0 Å². The summed E-state index contributed by atoms with van der Waals surface area (Å²) in [5, 5.41) is 0. The lowest BCUT2D eigenvalue weighted by molar-refractivity contribution is 1.54. The molecule has 10 heavy (non-hydrogen) atoms. The molecule has 0 aliphatic rings. The lowest BCUT2D eigenvalue weighted by Gasteiger charge is -1.96. The Bertz CT molecular complexity index is 284. The summed E-state index contributed by atoms with van der Waals surface area (Å²) in [6.07, 6.45) is 6.88. The van der Waals surface area contributed by atoms with Crippen LogP contribution in [0.1, 0.15) is 5.56 Å². The average Bonchev–Trinajstić information content (AvgIpc) is 1.95. The smallest absolute Gasteiger partial charge is 0.0474 e. The third-order valence-corrected chi connectivity index (χ3v) is 3.13. The van der Waals surface area contributed by atoms with E-state index in [-0.39, 0.29) is 0 Å². The summed E-state index contributed by atoms with van der Waals surface area (Å²) in [6.45, 7) is 0. The van der Waals surface area contributed by atoms with E-state index in [2.05, 4.69) is 37.8 Å². The van der Waals surface area contributed by atoms with Crippen LogP contribution in [-0.4, -0.2) is 0 Å². The predicted octanol–water partition coefficient (Wildman–Crippen LogP) is 3.15. The summed E-state index contributed by atoms with van der Waals surface area (Å²) < 4.78 is 1.83. The quantitative estimate of drug-likeness (QED) is 0.628. The van der Waals surface area contributed by atoms with Crippen LogP contribution in [0.3, 0.4) is 0 Å². The van der Waals surface area contributed by atoms with Gasteiger partial charge in [0, 0.05) is 14.5 Å². The minimum atomic E-state index is 0.759. The number of benzene rings is 1. The Balaban J connectivity index is 3.31. The van der Waals surface area contributed by atoms with E-state index in [0.29, 0.717) is 0 Å². The molecular weight excluding hydrogens is 256 g/mol. The SMILES string of the molecule is [C]#Cc1cccc(Br)c1Br. The molecule has 0 heterocycles. The Morgan fingerprint density at radius 1 is 1.30 bits per heavy atom. The van der Waals surface area contributed by atoms with Gasteiger partial charge in [0.05, 0.1) is 0 Å². The van der Waals surface area contributed by atoms with Crippen LogP contribution in [0.5, 0.6) is 0 Å². The zero-order valence-corrected chi connectivity index (χ0v) is 8.16. The van der Waals surface area contributed by atoms with Gasteiger partial charge in [-0.2, -0.15) is 0 Å². The second kappa shape index (κ2) is 3.23. The van der Waals surface area contributed by atoms with Gasteiger partial charge in [0.2, 0.25) is 0 Å². The molecule has 1 aromatic carbocycles. The van der Waals surface area contributed by atoms with E-state index in [1.807, 2.05) is 18.2 Å². The first-order valence-electron chi connectivity index (χ1n) is 2.62. The van der Waals surface area contributed by atoms with Crippen molar-refractivity contribution in [3.8, 4) is 5.92 Å². The molecule has 0 amide bonds. The zero-order chi connectivity index (χ0) is 7.56. The largest absolute Gasteiger partial charge is 0.0598 e. The van der Waals surface area contributed by atoms with Crippen molar-refractivity contribution in [2.24, 2.45) is 0 Å². The normalized spacial score (nSPS) is 8.90. The van der Waals surface area contributed by atoms with Gasteiger partial charge in [-0.25, -0.2) is 0 Å². The average molecular weight is 259 g/mol. The first-order valence-corrected chi connectivity index (χ1v) is 4.21. The van der Waals surface area contributed by atoms with Crippen molar-refractivity contribution in [1.82, 2.24) is 0 Å². The number of hydrogen-bond donors (Lipinski definition) is 0. The third kappa shape index (κ3) is 1.42. The van der Waals surface area contributed by atoms with Crippen LogP contribution in [0.2, 0.25) is 0 Å². The van der Waals surface area contributed by atoms with Crippen LogP contribution < -0.4 is 0 Å². The fraction of sp³-hybridized carbons (Fsp3) is 0. The molecule has 0 spiro atoms. The number of hydrogen-bond acceptors (Lipinski definition) is 0. The van der Waals surface area contributed by atoms with Crippen molar-refractivity contribution >= 4 is 31.9 Å². The standard InChI is InChI=1S/C8H3Br2/c1-2-6-4-3-5-7(9)8(6)10/h3-5H. The summed E-state index contributed by atoms with van der Waals surface area (Å²) >= 11 is 6.63. The van der Waals surface area contributed by atoms with Gasteiger partial charge >= 0.3 is 0 Å². The minimum absolute atomic E-state index is 0.759. The van der Waals surface area contributed by atoms with Crippen LogP contribution in [-0.2, 0) is 0 Å². The molecule has 0 N–H and O–H groups in total. The number of halogens is 2. The predicted molar refractivity (Wildman–Crippen MR) is 48.1 cm³/mol. The first kappa shape index (κ1) is 7.84. The molecule has 0 saturated carbocycles. The molecule has 1 aromatic rings. The molecule has 49 valence electrons. The fourth-order valence-electron chi connectivity index (χ4n) is 0.600. The Labute approximate surface area is 76.9 Å². The summed E-state index contributed by atoms with van der Waals surface area (Å²) in [7, 11) is 0. The molecule has 0 bridgehead atoms. The molecule has 0 unspecified atom stereocenters. The molecule has 0 aliphatic carbocycles. The van der Waals surface area contributed by atoms with E-state index in [0.717, 1.165) is 14.5 Å². The van der Waals surface area contributed by atoms with Gasteiger partial charge in [-0.1, -0.05) is 12.0 Å². The summed E-state index contributed by atoms with van der Waals surface area (Å²) in [5.41, 5.74) is 0.759. The van der Waals surface area contributed by atoms with Gasteiger partial charge in [-0.15, -0.1) is 0 Å². The monoisotopic (exact) mass is 257 g/mol. The maximum absolute atomic E-state index is 6.88. The molecule has 1 radical (unpaired) electrons. The van der Waals surface area contributed by atoms with Gasteiger partial charge in [-0.05, 0) is 50.4 Å². The molecule has 0 nitrogen and oxygen atoms in total. The molecule has 1 rings (SSSR count). The maximum atomic E-state index is 6.88. The Kier molecular flexibility index (Phi) is 2.53. The topological polar surface area (TPSA) is 0 Å². The van der Waals surface area contributed by atoms with Crippen molar-refractivity contribution in [1.29, 1.82) is 0 Å². The Hall–Kier alpha value is -0.260. The van der Waals surface area contributed by atoms with E-state index in [1.54, 1.807) is 0 Å². The van der Waals surface area contributed by atoms with Gasteiger partial charge in [-0.3, -0.25) is 0 Å². The maximum Gasteiger partial charge on any atom is 0.0474 e. The van der Waals surface area contributed by atoms with Crippen LogP contribution >= 0.6 is 31.9 Å². The van der Waals surface area contributed by atoms with Gasteiger partial charge < -0.3 is 0 Å². The highest BCUT2D eigenvalue weighted by molar-refractivity contribution is 9.13. The molecule has 0 aromatic heterocycles. The van der Waals surface area contributed by atoms with Crippen molar-refractivity contribution in [3.63, 3.8) is 0 Å². The Morgan fingerprint density at radius 3 is 2.50 bits per heavy atom. The lowest BCUT2D eigenvalue weighted by atomic mass is 10.2. The highest BCUT2D eigenvalue weighted by Crippen LogP contribution is 2.25. The van der Waals surface area contributed by atoms with E-state index in [4.69, 9.17) is 6.42 Å². The summed E-state index contributed by atoms with van der Waals surface area (Å²) in [4.78, 5) is 0. The van der Waals surface area contributed by atoms with Crippen molar-refractivity contribution < 1.29 is 0 Å². The van der Waals surface area contributed by atoms with E-state index in [1.165, 1.54) is 0 Å². The second-order valence-electron chi connectivity index (χ2n) is 1.73. The molecular formula is C8H3Br2. The number of rotatable bonds is 0. The zero-order valence-electron chi connectivity index (χ0n) is 4.99.